The molecule has 1 saturated carbocycles. The number of benzene rings is 2. The van der Waals surface area contributed by atoms with Crippen molar-refractivity contribution >= 4 is 5.91 Å². The van der Waals surface area contributed by atoms with Crippen molar-refractivity contribution in [3.05, 3.63) is 60.2 Å². The lowest BCUT2D eigenvalue weighted by atomic mass is 10.1. The van der Waals surface area contributed by atoms with Crippen molar-refractivity contribution in [3.63, 3.8) is 0 Å². The number of amides is 1. The molecule has 6 heteroatoms. The number of aliphatic hydroxyl groups excluding tert-OH is 1. The highest BCUT2D eigenvalue weighted by molar-refractivity contribution is 5.94. The van der Waals surface area contributed by atoms with Gasteiger partial charge in [0.2, 0.25) is 0 Å². The molecular weight excluding hydrogens is 356 g/mol. The largest absolute Gasteiger partial charge is 0.494 e. The first kappa shape index (κ1) is 20.2. The highest BCUT2D eigenvalue weighted by Gasteiger charge is 2.40. The Morgan fingerprint density at radius 3 is 2.50 bits per heavy atom. The number of nitrogens with two attached hydrogens (primary N) is 1. The molecule has 0 aromatic heterocycles. The number of carbonyl (C=O) groups is 1. The number of hydrogen-bond acceptors (Lipinski definition) is 5. The first-order valence-corrected chi connectivity index (χ1v) is 9.70. The van der Waals surface area contributed by atoms with E-state index in [1.54, 1.807) is 36.2 Å². The van der Waals surface area contributed by atoms with Gasteiger partial charge in [-0.1, -0.05) is 18.2 Å². The number of likely N-dealkylation sites (N-methyl/N-ethyl adjacent to an activating group) is 1. The minimum absolute atomic E-state index is 0.127. The van der Waals surface area contributed by atoms with Gasteiger partial charge in [0.05, 0.1) is 12.6 Å². The molecule has 0 aliphatic heterocycles. The standard InChI is InChI=1S/C22H28N2O4/c1-24(22(26)16-8-10-17(11-9-16)27-15-5-14-23)19-12-13-20(21(19)25)28-18-6-3-2-4-7-18/h2-4,6-11,19-21,25H,5,12-15,23H2,1H3/t19-,20-,21-/m1/s1. The lowest BCUT2D eigenvalue weighted by Gasteiger charge is -2.29. The van der Waals surface area contributed by atoms with Crippen molar-refractivity contribution in [1.82, 2.24) is 4.90 Å². The summed E-state index contributed by atoms with van der Waals surface area (Å²) in [6.45, 7) is 1.14. The summed E-state index contributed by atoms with van der Waals surface area (Å²) < 4.78 is 11.5. The van der Waals surface area contributed by atoms with Crippen molar-refractivity contribution in [2.75, 3.05) is 20.2 Å². The second-order valence-corrected chi connectivity index (χ2v) is 7.04. The molecule has 2 aromatic carbocycles. The minimum atomic E-state index is -0.729. The predicted molar refractivity (Wildman–Crippen MR) is 108 cm³/mol. The summed E-state index contributed by atoms with van der Waals surface area (Å²) in [5, 5.41) is 10.7. The molecule has 150 valence electrons. The summed E-state index contributed by atoms with van der Waals surface area (Å²) >= 11 is 0. The third-order valence-electron chi connectivity index (χ3n) is 5.09. The maximum atomic E-state index is 12.8. The van der Waals surface area contributed by atoms with Crippen LogP contribution < -0.4 is 15.2 Å². The fourth-order valence-electron chi connectivity index (χ4n) is 3.47. The van der Waals surface area contributed by atoms with Gasteiger partial charge in [-0.15, -0.1) is 0 Å². The van der Waals surface area contributed by atoms with Gasteiger partial charge >= 0.3 is 0 Å². The van der Waals surface area contributed by atoms with Crippen LogP contribution in [-0.2, 0) is 0 Å². The molecule has 0 heterocycles. The van der Waals surface area contributed by atoms with Crippen LogP contribution in [0.25, 0.3) is 0 Å². The Bertz CT molecular complexity index is 751. The number of aliphatic hydroxyl groups is 1. The molecule has 0 bridgehead atoms. The molecule has 3 rings (SSSR count). The third kappa shape index (κ3) is 4.82. The Morgan fingerprint density at radius 2 is 1.82 bits per heavy atom. The zero-order chi connectivity index (χ0) is 19.9. The second-order valence-electron chi connectivity index (χ2n) is 7.04. The lowest BCUT2D eigenvalue weighted by molar-refractivity contribution is 0.0166. The zero-order valence-electron chi connectivity index (χ0n) is 16.2. The van der Waals surface area contributed by atoms with Crippen LogP contribution in [-0.4, -0.2) is 54.4 Å². The van der Waals surface area contributed by atoms with E-state index in [1.807, 2.05) is 30.3 Å². The van der Waals surface area contributed by atoms with Crippen LogP contribution in [0, 0.1) is 0 Å². The second kappa shape index (κ2) is 9.57. The monoisotopic (exact) mass is 384 g/mol. The number of nitrogens with zero attached hydrogens (tertiary/aromatic N) is 1. The van der Waals surface area contributed by atoms with E-state index in [0.29, 0.717) is 37.3 Å². The molecule has 28 heavy (non-hydrogen) atoms. The summed E-state index contributed by atoms with van der Waals surface area (Å²) in [6.07, 6.45) is 1.14. The lowest BCUT2D eigenvalue weighted by Crippen LogP contribution is -2.45. The van der Waals surface area contributed by atoms with E-state index >= 15 is 0 Å². The first-order chi connectivity index (χ1) is 13.6. The number of hydrogen-bond donors (Lipinski definition) is 2. The highest BCUT2D eigenvalue weighted by atomic mass is 16.5. The molecule has 2 aromatic rings. The predicted octanol–water partition coefficient (Wildman–Crippen LogP) is 2.46. The van der Waals surface area contributed by atoms with Gasteiger partial charge in [0.1, 0.15) is 23.7 Å². The van der Waals surface area contributed by atoms with Crippen molar-refractivity contribution in [2.24, 2.45) is 5.73 Å². The van der Waals surface area contributed by atoms with Crippen LogP contribution in [0.4, 0.5) is 0 Å². The Morgan fingerprint density at radius 1 is 1.11 bits per heavy atom. The molecule has 3 atom stereocenters. The van der Waals surface area contributed by atoms with E-state index in [2.05, 4.69) is 0 Å². The molecular formula is C22H28N2O4. The maximum absolute atomic E-state index is 12.8. The number of ether oxygens (including phenoxy) is 2. The van der Waals surface area contributed by atoms with Crippen molar-refractivity contribution in [2.45, 2.75) is 37.5 Å². The molecule has 0 spiro atoms. The summed E-state index contributed by atoms with van der Waals surface area (Å²) in [7, 11) is 1.73. The van der Waals surface area contributed by atoms with Crippen LogP contribution >= 0.6 is 0 Å². The van der Waals surface area contributed by atoms with E-state index in [-0.39, 0.29) is 18.1 Å². The smallest absolute Gasteiger partial charge is 0.253 e. The van der Waals surface area contributed by atoms with Gasteiger partial charge in [0.25, 0.3) is 5.91 Å². The Labute approximate surface area is 165 Å². The van der Waals surface area contributed by atoms with E-state index in [4.69, 9.17) is 15.2 Å². The fourth-order valence-corrected chi connectivity index (χ4v) is 3.47. The molecule has 1 amide bonds. The van der Waals surface area contributed by atoms with E-state index in [1.165, 1.54) is 0 Å². The Hall–Kier alpha value is -2.57. The van der Waals surface area contributed by atoms with Gasteiger partial charge in [-0.3, -0.25) is 4.79 Å². The normalized spacial score (nSPS) is 21.3. The van der Waals surface area contributed by atoms with Crippen LogP contribution in [0.15, 0.2) is 54.6 Å². The van der Waals surface area contributed by atoms with Crippen LogP contribution in [0.2, 0.25) is 0 Å². The third-order valence-corrected chi connectivity index (χ3v) is 5.09. The summed E-state index contributed by atoms with van der Waals surface area (Å²) in [5.74, 6) is 1.31. The topological polar surface area (TPSA) is 85.0 Å². The quantitative estimate of drug-likeness (QED) is 0.683. The van der Waals surface area contributed by atoms with Gasteiger partial charge in [-0.05, 0) is 62.2 Å². The first-order valence-electron chi connectivity index (χ1n) is 9.70. The Balaban J connectivity index is 1.58. The van der Waals surface area contributed by atoms with Gasteiger partial charge in [0.15, 0.2) is 0 Å². The summed E-state index contributed by atoms with van der Waals surface area (Å²) in [6, 6.07) is 16.2. The van der Waals surface area contributed by atoms with Gasteiger partial charge < -0.3 is 25.2 Å². The molecule has 0 unspecified atom stereocenters. The number of para-hydroxylation sites is 1. The number of carbonyl (C=O) groups excluding carboxylic acids is 1. The Kier molecular flexibility index (Phi) is 6.90. The molecule has 1 aliphatic carbocycles. The average Bonchev–Trinajstić information content (AvgIpc) is 3.08. The van der Waals surface area contributed by atoms with Crippen molar-refractivity contribution < 1.29 is 19.4 Å². The maximum Gasteiger partial charge on any atom is 0.253 e. The SMILES string of the molecule is CN(C(=O)c1ccc(OCCCN)cc1)[C@@H]1CC[C@@H](Oc2ccccc2)[C@@H]1O. The van der Waals surface area contributed by atoms with Crippen LogP contribution in [0.3, 0.4) is 0 Å². The molecule has 0 saturated heterocycles. The molecule has 1 fully saturated rings. The molecule has 3 N–H and O–H groups in total. The molecule has 6 nitrogen and oxygen atoms in total. The minimum Gasteiger partial charge on any atom is -0.494 e. The summed E-state index contributed by atoms with van der Waals surface area (Å²) in [4.78, 5) is 14.4. The van der Waals surface area contributed by atoms with E-state index in [9.17, 15) is 9.90 Å². The average molecular weight is 384 g/mol. The van der Waals surface area contributed by atoms with Gasteiger partial charge in [-0.2, -0.15) is 0 Å². The molecule has 1 aliphatic rings. The van der Waals surface area contributed by atoms with E-state index < -0.39 is 6.10 Å². The summed E-state index contributed by atoms with van der Waals surface area (Å²) in [5.41, 5.74) is 6.02. The van der Waals surface area contributed by atoms with Crippen molar-refractivity contribution in [3.8, 4) is 11.5 Å². The van der Waals surface area contributed by atoms with Crippen LogP contribution in [0.1, 0.15) is 29.6 Å². The number of rotatable bonds is 8. The van der Waals surface area contributed by atoms with Gasteiger partial charge in [-0.25, -0.2) is 0 Å². The fraction of sp³-hybridized carbons (Fsp3) is 0.409. The zero-order valence-corrected chi connectivity index (χ0v) is 16.2. The van der Waals surface area contributed by atoms with E-state index in [0.717, 1.165) is 12.2 Å². The highest BCUT2D eigenvalue weighted by Crippen LogP contribution is 2.29. The molecule has 0 radical (unpaired) electrons. The van der Waals surface area contributed by atoms with Crippen LogP contribution in [0.5, 0.6) is 11.5 Å². The van der Waals surface area contributed by atoms with Crippen molar-refractivity contribution in [1.29, 1.82) is 0 Å². The van der Waals surface area contributed by atoms with Gasteiger partial charge in [0, 0.05) is 12.6 Å².